The summed E-state index contributed by atoms with van der Waals surface area (Å²) >= 11 is 0. The molecule has 0 aliphatic carbocycles. The van der Waals surface area contributed by atoms with Crippen LogP contribution in [-0.4, -0.2) is 11.1 Å². The molecule has 0 radical (unpaired) electrons. The quantitative estimate of drug-likeness (QED) is 0.155. The highest BCUT2D eigenvalue weighted by atomic mass is 16.6. The molecule has 5 rings (SSSR count). The van der Waals surface area contributed by atoms with Gasteiger partial charge in [0.15, 0.2) is 11.5 Å². The van der Waals surface area contributed by atoms with E-state index in [4.69, 9.17) is 17.7 Å². The standard InChI is InChI=1S/C25H15N3O6/c1-15-6-7-16(12-19(15)28(29)30)20-9-8-17(33-20)14-27-25-18(13-26)23(21-4-2-10-31-21)24(34-25)22-5-3-11-32-22/h2-12,14H,1H3. The number of nitro benzene ring substituents is 1. The van der Waals surface area contributed by atoms with Gasteiger partial charge in [-0.05, 0) is 43.3 Å². The van der Waals surface area contributed by atoms with Gasteiger partial charge in [0.25, 0.3) is 5.69 Å². The van der Waals surface area contributed by atoms with Gasteiger partial charge in [0, 0.05) is 17.2 Å². The Morgan fingerprint density at radius 2 is 1.76 bits per heavy atom. The van der Waals surface area contributed by atoms with Crippen LogP contribution in [-0.2, 0) is 0 Å². The number of hydrogen-bond donors (Lipinski definition) is 0. The third-order valence-corrected chi connectivity index (χ3v) is 5.14. The summed E-state index contributed by atoms with van der Waals surface area (Å²) in [7, 11) is 0. The summed E-state index contributed by atoms with van der Waals surface area (Å²) in [6.45, 7) is 1.67. The molecule has 1 aromatic carbocycles. The highest BCUT2D eigenvalue weighted by Gasteiger charge is 2.26. The van der Waals surface area contributed by atoms with Crippen molar-refractivity contribution in [2.45, 2.75) is 6.92 Å². The van der Waals surface area contributed by atoms with E-state index in [0.717, 1.165) is 0 Å². The van der Waals surface area contributed by atoms with Gasteiger partial charge in [-0.3, -0.25) is 10.1 Å². The van der Waals surface area contributed by atoms with Gasteiger partial charge in [0.2, 0.25) is 5.88 Å². The number of aryl methyl sites for hydroxylation is 1. The summed E-state index contributed by atoms with van der Waals surface area (Å²) in [6.07, 6.45) is 4.40. The number of nitriles is 1. The van der Waals surface area contributed by atoms with E-state index in [-0.39, 0.29) is 17.1 Å². The summed E-state index contributed by atoms with van der Waals surface area (Å²) in [4.78, 5) is 15.1. The lowest BCUT2D eigenvalue weighted by molar-refractivity contribution is -0.385. The molecule has 0 unspecified atom stereocenters. The van der Waals surface area contributed by atoms with Crippen molar-refractivity contribution >= 4 is 17.8 Å². The Kier molecular flexibility index (Phi) is 5.16. The molecule has 0 spiro atoms. The molecule has 5 aromatic rings. The van der Waals surface area contributed by atoms with Gasteiger partial charge in [-0.15, -0.1) is 0 Å². The van der Waals surface area contributed by atoms with E-state index in [1.807, 2.05) is 0 Å². The minimum Gasteiger partial charge on any atom is -0.464 e. The molecule has 9 heteroatoms. The normalized spacial score (nSPS) is 11.2. The van der Waals surface area contributed by atoms with Crippen molar-refractivity contribution in [1.82, 2.24) is 0 Å². The van der Waals surface area contributed by atoms with Crippen LogP contribution in [0.2, 0.25) is 0 Å². The first-order valence-electron chi connectivity index (χ1n) is 10.1. The van der Waals surface area contributed by atoms with E-state index in [1.54, 1.807) is 55.5 Å². The van der Waals surface area contributed by atoms with Crippen LogP contribution < -0.4 is 0 Å². The summed E-state index contributed by atoms with van der Waals surface area (Å²) in [5.41, 5.74) is 1.74. The van der Waals surface area contributed by atoms with Crippen molar-refractivity contribution in [1.29, 1.82) is 5.26 Å². The van der Waals surface area contributed by atoms with E-state index in [2.05, 4.69) is 11.1 Å². The fourth-order valence-corrected chi connectivity index (χ4v) is 3.51. The summed E-state index contributed by atoms with van der Waals surface area (Å²) in [6, 6.07) is 17.2. The van der Waals surface area contributed by atoms with Gasteiger partial charge in [-0.1, -0.05) is 12.1 Å². The summed E-state index contributed by atoms with van der Waals surface area (Å²) in [5.74, 6) is 2.05. The molecule has 166 valence electrons. The van der Waals surface area contributed by atoms with Crippen LogP contribution in [0.1, 0.15) is 16.9 Å². The number of aliphatic imine (C=N–C) groups is 1. The van der Waals surface area contributed by atoms with Crippen LogP contribution in [0.4, 0.5) is 11.6 Å². The van der Waals surface area contributed by atoms with Crippen molar-refractivity contribution < 1.29 is 22.6 Å². The first-order chi connectivity index (χ1) is 16.5. The molecule has 9 nitrogen and oxygen atoms in total. The van der Waals surface area contributed by atoms with E-state index in [0.29, 0.717) is 45.5 Å². The van der Waals surface area contributed by atoms with Gasteiger partial charge in [0.1, 0.15) is 28.9 Å². The summed E-state index contributed by atoms with van der Waals surface area (Å²) in [5, 5.41) is 21.1. The number of furan rings is 4. The first kappa shape index (κ1) is 20.8. The average molecular weight is 453 g/mol. The van der Waals surface area contributed by atoms with E-state index in [1.165, 1.54) is 24.8 Å². The monoisotopic (exact) mass is 453 g/mol. The Morgan fingerprint density at radius 1 is 1.00 bits per heavy atom. The van der Waals surface area contributed by atoms with Gasteiger partial charge in [-0.2, -0.15) is 5.26 Å². The maximum absolute atomic E-state index is 11.2. The van der Waals surface area contributed by atoms with E-state index >= 15 is 0 Å². The molecule has 0 saturated carbocycles. The highest BCUT2D eigenvalue weighted by Crippen LogP contribution is 2.42. The van der Waals surface area contributed by atoms with Gasteiger partial charge in [-0.25, -0.2) is 4.99 Å². The molecule has 4 heterocycles. The van der Waals surface area contributed by atoms with Crippen LogP contribution in [0.25, 0.3) is 34.2 Å². The number of benzene rings is 1. The van der Waals surface area contributed by atoms with Crippen molar-refractivity contribution in [2.24, 2.45) is 4.99 Å². The molecular formula is C25H15N3O6. The molecule has 34 heavy (non-hydrogen) atoms. The van der Waals surface area contributed by atoms with Crippen molar-refractivity contribution in [3.8, 4) is 40.2 Å². The molecule has 0 amide bonds. The molecule has 0 saturated heterocycles. The zero-order chi connectivity index (χ0) is 23.7. The summed E-state index contributed by atoms with van der Waals surface area (Å²) < 4.78 is 22.6. The van der Waals surface area contributed by atoms with Gasteiger partial charge < -0.3 is 17.7 Å². The topological polar surface area (TPSA) is 132 Å². The third-order valence-electron chi connectivity index (χ3n) is 5.14. The van der Waals surface area contributed by atoms with Gasteiger partial charge in [0.05, 0.1) is 29.2 Å². The molecule has 0 aliphatic rings. The second kappa shape index (κ2) is 8.44. The Labute approximate surface area is 192 Å². The van der Waals surface area contributed by atoms with Crippen LogP contribution in [0.3, 0.4) is 0 Å². The molecule has 4 aromatic heterocycles. The van der Waals surface area contributed by atoms with Crippen LogP contribution in [0.5, 0.6) is 0 Å². The van der Waals surface area contributed by atoms with Crippen LogP contribution in [0.15, 0.2) is 89.8 Å². The number of rotatable bonds is 6. The Hall–Kier alpha value is -5.10. The fourth-order valence-electron chi connectivity index (χ4n) is 3.51. The maximum atomic E-state index is 11.2. The molecule has 0 fully saturated rings. The number of nitrogens with zero attached hydrogens (tertiary/aromatic N) is 3. The number of hydrogen-bond acceptors (Lipinski definition) is 8. The molecule has 0 N–H and O–H groups in total. The Balaban J connectivity index is 1.51. The molecular weight excluding hydrogens is 438 g/mol. The average Bonchev–Trinajstić information content (AvgIpc) is 3.63. The zero-order valence-corrected chi connectivity index (χ0v) is 17.7. The minimum absolute atomic E-state index is 0.00859. The fraction of sp³-hybridized carbons (Fsp3) is 0.0400. The second-order valence-corrected chi connectivity index (χ2v) is 7.27. The van der Waals surface area contributed by atoms with Crippen LogP contribution >= 0.6 is 0 Å². The minimum atomic E-state index is -0.433. The molecule has 0 aliphatic heterocycles. The van der Waals surface area contributed by atoms with Crippen molar-refractivity contribution in [3.63, 3.8) is 0 Å². The zero-order valence-electron chi connectivity index (χ0n) is 17.7. The number of nitro groups is 1. The largest absolute Gasteiger partial charge is 0.464 e. The lowest BCUT2D eigenvalue weighted by atomic mass is 10.1. The first-order valence-corrected chi connectivity index (χ1v) is 10.1. The smallest absolute Gasteiger partial charge is 0.273 e. The third kappa shape index (κ3) is 3.69. The van der Waals surface area contributed by atoms with Crippen molar-refractivity contribution in [2.75, 3.05) is 0 Å². The second-order valence-electron chi connectivity index (χ2n) is 7.27. The maximum Gasteiger partial charge on any atom is 0.273 e. The van der Waals surface area contributed by atoms with E-state index < -0.39 is 4.92 Å². The lowest BCUT2D eigenvalue weighted by Gasteiger charge is -2.00. The lowest BCUT2D eigenvalue weighted by Crippen LogP contribution is -1.91. The molecule has 0 bridgehead atoms. The Morgan fingerprint density at radius 3 is 2.44 bits per heavy atom. The van der Waals surface area contributed by atoms with Crippen LogP contribution in [0, 0.1) is 28.4 Å². The SMILES string of the molecule is Cc1ccc(-c2ccc(C=Nc3oc(-c4ccco4)c(-c4ccco4)c3C#N)o2)cc1[N+](=O)[O-]. The molecule has 0 atom stereocenters. The Bertz CT molecular complexity index is 1550. The van der Waals surface area contributed by atoms with Crippen molar-refractivity contribution in [3.05, 3.63) is 94.1 Å². The van der Waals surface area contributed by atoms with E-state index in [9.17, 15) is 15.4 Å². The van der Waals surface area contributed by atoms with Gasteiger partial charge >= 0.3 is 0 Å². The highest BCUT2D eigenvalue weighted by molar-refractivity contribution is 5.87. The predicted molar refractivity (Wildman–Crippen MR) is 122 cm³/mol. The predicted octanol–water partition coefficient (Wildman–Crippen LogP) is 6.90.